The number of aryl methyl sites for hydroxylation is 1. The Morgan fingerprint density at radius 2 is 2.35 bits per heavy atom. The van der Waals surface area contributed by atoms with E-state index in [1.807, 2.05) is 6.20 Å². The van der Waals surface area contributed by atoms with Gasteiger partial charge in [0.05, 0.1) is 6.61 Å². The Bertz CT molecular complexity index is 620. The lowest BCUT2D eigenvalue weighted by Gasteiger charge is -2.24. The summed E-state index contributed by atoms with van der Waals surface area (Å²) in [7, 11) is 0. The minimum Gasteiger partial charge on any atom is -0.493 e. The molecular weight excluding hydrogens is 250 g/mol. The first-order chi connectivity index (χ1) is 9.88. The lowest BCUT2D eigenvalue weighted by molar-refractivity contribution is 0.356. The molecule has 2 aromatic rings. The van der Waals surface area contributed by atoms with Gasteiger partial charge in [0, 0.05) is 43.9 Å². The molecule has 2 aliphatic rings. The first kappa shape index (κ1) is 12.0. The minimum atomic E-state index is 0.559. The molecule has 0 radical (unpaired) electrons. The van der Waals surface area contributed by atoms with Crippen LogP contribution in [0.3, 0.4) is 0 Å². The summed E-state index contributed by atoms with van der Waals surface area (Å²) in [5.41, 5.74) is 4.05. The van der Waals surface area contributed by atoms with Gasteiger partial charge in [-0.1, -0.05) is 12.1 Å². The Hall–Kier alpha value is -1.81. The van der Waals surface area contributed by atoms with Crippen LogP contribution in [0.4, 0.5) is 0 Å². The molecule has 0 amide bonds. The molecule has 1 aromatic heterocycles. The molecule has 0 fully saturated rings. The van der Waals surface area contributed by atoms with Gasteiger partial charge >= 0.3 is 0 Å². The first-order valence-electron chi connectivity index (χ1n) is 7.37. The van der Waals surface area contributed by atoms with Crippen LogP contribution in [-0.2, 0) is 25.9 Å². The lowest BCUT2D eigenvalue weighted by Crippen LogP contribution is -2.36. The predicted octanol–water partition coefficient (Wildman–Crippen LogP) is 1.92. The Balaban J connectivity index is 1.39. The summed E-state index contributed by atoms with van der Waals surface area (Å²) in [5.74, 6) is 1.07. The second-order valence-corrected chi connectivity index (χ2v) is 5.66. The Labute approximate surface area is 118 Å². The van der Waals surface area contributed by atoms with Crippen molar-refractivity contribution in [1.82, 2.24) is 15.1 Å². The molecule has 104 valence electrons. The van der Waals surface area contributed by atoms with Crippen LogP contribution in [0, 0.1) is 0 Å². The number of nitrogens with one attached hydrogen (secondary N) is 1. The second-order valence-electron chi connectivity index (χ2n) is 5.66. The maximum Gasteiger partial charge on any atom is 0.122 e. The molecule has 0 bridgehead atoms. The van der Waals surface area contributed by atoms with Crippen molar-refractivity contribution in [2.45, 2.75) is 38.4 Å². The van der Waals surface area contributed by atoms with Crippen molar-refractivity contribution in [3.8, 4) is 5.75 Å². The van der Waals surface area contributed by atoms with Crippen molar-refractivity contribution < 1.29 is 4.74 Å². The predicted molar refractivity (Wildman–Crippen MR) is 76.8 cm³/mol. The average Bonchev–Trinajstić information content (AvgIpc) is 3.12. The molecule has 0 saturated heterocycles. The fraction of sp³-hybridized carbons (Fsp3) is 0.438. The van der Waals surface area contributed by atoms with Gasteiger partial charge in [-0.25, -0.2) is 0 Å². The number of aromatic nitrogens is 2. The third-order valence-corrected chi connectivity index (χ3v) is 4.30. The zero-order chi connectivity index (χ0) is 13.4. The van der Waals surface area contributed by atoms with Crippen LogP contribution in [0.25, 0.3) is 0 Å². The van der Waals surface area contributed by atoms with E-state index < -0.39 is 0 Å². The van der Waals surface area contributed by atoms with Gasteiger partial charge < -0.3 is 10.1 Å². The van der Waals surface area contributed by atoms with E-state index in [2.05, 4.69) is 39.4 Å². The molecule has 1 atom stereocenters. The molecule has 0 saturated carbocycles. The SMILES string of the molecule is c1cc2n(n1)CCC(NCc1ccc3c(c1)CCO3)C2. The van der Waals surface area contributed by atoms with E-state index in [0.29, 0.717) is 6.04 Å². The Morgan fingerprint density at radius 3 is 3.35 bits per heavy atom. The maximum atomic E-state index is 5.55. The summed E-state index contributed by atoms with van der Waals surface area (Å²) >= 11 is 0. The molecule has 3 heterocycles. The van der Waals surface area contributed by atoms with Crippen molar-refractivity contribution >= 4 is 0 Å². The molecule has 2 aliphatic heterocycles. The smallest absolute Gasteiger partial charge is 0.122 e. The molecule has 4 heteroatoms. The van der Waals surface area contributed by atoms with Crippen LogP contribution in [0.2, 0.25) is 0 Å². The number of rotatable bonds is 3. The number of hydrogen-bond donors (Lipinski definition) is 1. The largest absolute Gasteiger partial charge is 0.493 e. The normalized spacial score (nSPS) is 20.3. The number of hydrogen-bond acceptors (Lipinski definition) is 3. The van der Waals surface area contributed by atoms with E-state index in [0.717, 1.165) is 44.7 Å². The van der Waals surface area contributed by atoms with Crippen molar-refractivity contribution in [1.29, 1.82) is 0 Å². The summed E-state index contributed by atoms with van der Waals surface area (Å²) in [6.07, 6.45) is 5.18. The Kier molecular flexibility index (Phi) is 2.96. The molecule has 1 unspecified atom stereocenters. The standard InChI is InChI=1S/C16H19N3O/c1-2-16-13(5-8-20-16)9-12(1)11-17-14-4-7-19-15(10-14)3-6-18-19/h1-3,6,9,14,17H,4-5,7-8,10-11H2. The molecule has 4 rings (SSSR count). The maximum absolute atomic E-state index is 5.55. The molecule has 0 aliphatic carbocycles. The first-order valence-corrected chi connectivity index (χ1v) is 7.37. The van der Waals surface area contributed by atoms with Gasteiger partial charge in [-0.2, -0.15) is 5.10 Å². The average molecular weight is 269 g/mol. The van der Waals surface area contributed by atoms with E-state index in [9.17, 15) is 0 Å². The fourth-order valence-corrected chi connectivity index (χ4v) is 3.15. The van der Waals surface area contributed by atoms with Gasteiger partial charge in [-0.05, 0) is 29.7 Å². The summed E-state index contributed by atoms with van der Waals surface area (Å²) in [6.45, 7) is 2.79. The third-order valence-electron chi connectivity index (χ3n) is 4.30. The van der Waals surface area contributed by atoms with Gasteiger partial charge in [0.1, 0.15) is 5.75 Å². The van der Waals surface area contributed by atoms with E-state index in [1.165, 1.54) is 16.8 Å². The second kappa shape index (κ2) is 4.94. The van der Waals surface area contributed by atoms with Crippen molar-refractivity contribution in [3.63, 3.8) is 0 Å². The molecule has 4 nitrogen and oxygen atoms in total. The van der Waals surface area contributed by atoms with Gasteiger partial charge in [-0.15, -0.1) is 0 Å². The van der Waals surface area contributed by atoms with Crippen LogP contribution in [-0.4, -0.2) is 22.4 Å². The van der Waals surface area contributed by atoms with E-state index in [1.54, 1.807) is 0 Å². The van der Waals surface area contributed by atoms with E-state index in [-0.39, 0.29) is 0 Å². The van der Waals surface area contributed by atoms with Crippen LogP contribution in [0.15, 0.2) is 30.5 Å². The quantitative estimate of drug-likeness (QED) is 0.925. The lowest BCUT2D eigenvalue weighted by atomic mass is 10.0. The van der Waals surface area contributed by atoms with Crippen LogP contribution in [0.1, 0.15) is 23.2 Å². The zero-order valence-corrected chi connectivity index (χ0v) is 11.5. The monoisotopic (exact) mass is 269 g/mol. The number of fused-ring (bicyclic) bond motifs is 2. The molecule has 1 aromatic carbocycles. The highest BCUT2D eigenvalue weighted by Crippen LogP contribution is 2.26. The van der Waals surface area contributed by atoms with E-state index >= 15 is 0 Å². The number of benzene rings is 1. The number of nitrogens with zero attached hydrogens (tertiary/aromatic N) is 2. The fourth-order valence-electron chi connectivity index (χ4n) is 3.15. The van der Waals surface area contributed by atoms with Gasteiger partial charge in [0.25, 0.3) is 0 Å². The van der Waals surface area contributed by atoms with Crippen LogP contribution >= 0.6 is 0 Å². The highest BCUT2D eigenvalue weighted by Gasteiger charge is 2.18. The van der Waals surface area contributed by atoms with Crippen molar-refractivity contribution in [3.05, 3.63) is 47.3 Å². The molecular formula is C16H19N3O. The Morgan fingerprint density at radius 1 is 1.35 bits per heavy atom. The van der Waals surface area contributed by atoms with E-state index in [4.69, 9.17) is 4.74 Å². The van der Waals surface area contributed by atoms with Crippen LogP contribution in [0.5, 0.6) is 5.75 Å². The molecule has 20 heavy (non-hydrogen) atoms. The zero-order valence-electron chi connectivity index (χ0n) is 11.5. The van der Waals surface area contributed by atoms with Gasteiger partial charge in [0.2, 0.25) is 0 Å². The van der Waals surface area contributed by atoms with Crippen molar-refractivity contribution in [2.24, 2.45) is 0 Å². The summed E-state index contributed by atoms with van der Waals surface area (Å²) < 4.78 is 7.66. The summed E-state index contributed by atoms with van der Waals surface area (Å²) in [6, 6.07) is 9.24. The molecule has 1 N–H and O–H groups in total. The number of ether oxygens (including phenoxy) is 1. The van der Waals surface area contributed by atoms with Crippen molar-refractivity contribution in [2.75, 3.05) is 6.61 Å². The van der Waals surface area contributed by atoms with Gasteiger partial charge in [0.15, 0.2) is 0 Å². The third kappa shape index (κ3) is 2.20. The van der Waals surface area contributed by atoms with Crippen LogP contribution < -0.4 is 10.1 Å². The van der Waals surface area contributed by atoms with Gasteiger partial charge in [-0.3, -0.25) is 4.68 Å². The molecule has 0 spiro atoms. The summed E-state index contributed by atoms with van der Waals surface area (Å²) in [5, 5.41) is 8.00. The topological polar surface area (TPSA) is 39.1 Å². The minimum absolute atomic E-state index is 0.559. The highest BCUT2D eigenvalue weighted by atomic mass is 16.5. The summed E-state index contributed by atoms with van der Waals surface area (Å²) in [4.78, 5) is 0. The highest BCUT2D eigenvalue weighted by molar-refractivity contribution is 5.39.